The normalized spacial score (nSPS) is 18.7. The second-order valence-corrected chi connectivity index (χ2v) is 16.1. The largest absolute Gasteiger partial charge is 0.481 e. The van der Waals surface area contributed by atoms with Crippen molar-refractivity contribution in [3.8, 4) is 5.75 Å². The molecule has 0 radical (unpaired) electrons. The predicted molar refractivity (Wildman–Crippen MR) is 196 cm³/mol. The Morgan fingerprint density at radius 1 is 0.837 bits per heavy atom. The van der Waals surface area contributed by atoms with Crippen LogP contribution in [0.2, 0.25) is 10.0 Å². The van der Waals surface area contributed by atoms with Gasteiger partial charge in [0.05, 0.1) is 10.0 Å². The Kier molecular flexibility index (Phi) is 9.60. The van der Waals surface area contributed by atoms with Gasteiger partial charge in [0.25, 0.3) is 5.91 Å². The first-order chi connectivity index (χ1) is 23.1. The molecule has 3 aromatic carbocycles. The van der Waals surface area contributed by atoms with Crippen molar-refractivity contribution in [1.82, 2.24) is 4.90 Å². The predicted octanol–water partition coefficient (Wildman–Crippen LogP) is 9.56. The molecular formula is C41H44Cl2N2O4. The van der Waals surface area contributed by atoms with Crippen molar-refractivity contribution in [3.05, 3.63) is 116 Å². The maximum atomic E-state index is 14.2. The van der Waals surface area contributed by atoms with Crippen molar-refractivity contribution in [2.45, 2.75) is 79.6 Å². The second-order valence-electron chi connectivity index (χ2n) is 15.3. The fourth-order valence-electron chi connectivity index (χ4n) is 7.63. The van der Waals surface area contributed by atoms with Crippen molar-refractivity contribution >= 4 is 46.4 Å². The molecule has 2 aliphatic carbocycles. The molecule has 8 heteroatoms. The highest BCUT2D eigenvalue weighted by molar-refractivity contribution is 6.37. The van der Waals surface area contributed by atoms with Crippen molar-refractivity contribution in [3.63, 3.8) is 0 Å². The number of nitrogens with one attached hydrogen (secondary N) is 1. The lowest BCUT2D eigenvalue weighted by Gasteiger charge is -2.49. The first-order valence-electron chi connectivity index (χ1n) is 17.0. The second kappa shape index (κ2) is 13.4. The average molecular weight is 700 g/mol. The molecule has 1 N–H and O–H groups in total. The summed E-state index contributed by atoms with van der Waals surface area (Å²) in [4.78, 5) is 43.6. The molecule has 1 aliphatic heterocycles. The molecular weight excluding hydrogens is 655 g/mol. The molecule has 3 aromatic rings. The van der Waals surface area contributed by atoms with Gasteiger partial charge in [-0.3, -0.25) is 14.4 Å². The van der Waals surface area contributed by atoms with Crippen LogP contribution in [0.15, 0.2) is 83.2 Å². The number of hydrogen-bond acceptors (Lipinski definition) is 5. The molecule has 0 aromatic heterocycles. The molecule has 256 valence electrons. The number of nitrogens with zero attached hydrogens (tertiary/aromatic N) is 1. The minimum absolute atomic E-state index is 0.0424. The standard InChI is InChI=1S/C41H44Cl2N2O4/c1-24-11-10-14-30(25(24)2)44-35(48)23-49-39-28(42)17-27(18-29(39)43)36-37-31(19-40(3,4)21-33(37)46)45(16-15-26-12-8-7-9-13-26)32-20-41(5,6)22-34(47)38(32)36/h7-14,17-18,36H,15-16,19-23H2,1-6H3,(H,44,48). The quantitative estimate of drug-likeness (QED) is 0.254. The fourth-order valence-corrected chi connectivity index (χ4v) is 8.24. The number of amides is 1. The molecule has 0 spiro atoms. The summed E-state index contributed by atoms with van der Waals surface area (Å²) >= 11 is 13.7. The highest BCUT2D eigenvalue weighted by Gasteiger charge is 2.49. The van der Waals surface area contributed by atoms with Crippen LogP contribution < -0.4 is 10.1 Å². The van der Waals surface area contributed by atoms with Crippen LogP contribution in [0.25, 0.3) is 0 Å². The number of rotatable bonds is 8. The van der Waals surface area contributed by atoms with Crippen molar-refractivity contribution in [2.24, 2.45) is 10.8 Å². The van der Waals surface area contributed by atoms with Gasteiger partial charge < -0.3 is 15.0 Å². The minimum Gasteiger partial charge on any atom is -0.481 e. The van der Waals surface area contributed by atoms with E-state index in [0.717, 1.165) is 28.9 Å². The molecule has 0 fully saturated rings. The topological polar surface area (TPSA) is 75.7 Å². The van der Waals surface area contributed by atoms with Gasteiger partial charge in [-0.05, 0) is 84.4 Å². The number of anilines is 1. The van der Waals surface area contributed by atoms with Crippen LogP contribution in [0, 0.1) is 24.7 Å². The van der Waals surface area contributed by atoms with Crippen LogP contribution in [0.3, 0.4) is 0 Å². The number of benzene rings is 3. The number of carbonyl (C=O) groups is 3. The summed E-state index contributed by atoms with van der Waals surface area (Å²) in [6.45, 7) is 12.8. The van der Waals surface area contributed by atoms with Gasteiger partial charge in [-0.1, -0.05) is 93.4 Å². The zero-order valence-electron chi connectivity index (χ0n) is 29.1. The van der Waals surface area contributed by atoms with Gasteiger partial charge in [-0.15, -0.1) is 0 Å². The molecule has 1 heterocycles. The number of aryl methyl sites for hydroxylation is 1. The molecule has 0 saturated heterocycles. The summed E-state index contributed by atoms with van der Waals surface area (Å²) in [5.74, 6) is -0.675. The van der Waals surface area contributed by atoms with E-state index in [2.05, 4.69) is 50.0 Å². The average Bonchev–Trinajstić information content (AvgIpc) is 3.01. The Morgan fingerprint density at radius 3 is 1.98 bits per heavy atom. The summed E-state index contributed by atoms with van der Waals surface area (Å²) in [6.07, 6.45) is 2.97. The lowest BCUT2D eigenvalue weighted by atomic mass is 9.63. The Bertz CT molecular complexity index is 1830. The van der Waals surface area contributed by atoms with Gasteiger partial charge in [-0.25, -0.2) is 0 Å². The third-order valence-electron chi connectivity index (χ3n) is 10.1. The van der Waals surface area contributed by atoms with Gasteiger partial charge in [0.2, 0.25) is 0 Å². The number of carbonyl (C=O) groups excluding carboxylic acids is 3. The van der Waals surface area contributed by atoms with Crippen molar-refractivity contribution in [2.75, 3.05) is 18.5 Å². The number of ketones is 2. The molecule has 0 bridgehead atoms. The van der Waals surface area contributed by atoms with E-state index in [-0.39, 0.29) is 50.7 Å². The first-order valence-corrected chi connectivity index (χ1v) is 17.7. The fraction of sp³-hybridized carbons (Fsp3) is 0.390. The van der Waals surface area contributed by atoms with E-state index < -0.39 is 5.92 Å². The lowest BCUT2D eigenvalue weighted by Crippen LogP contribution is -2.45. The Hall–Kier alpha value is -3.87. The molecule has 6 rings (SSSR count). The summed E-state index contributed by atoms with van der Waals surface area (Å²) in [6, 6.07) is 19.5. The third kappa shape index (κ3) is 7.22. The zero-order chi connectivity index (χ0) is 35.2. The summed E-state index contributed by atoms with van der Waals surface area (Å²) in [7, 11) is 0. The maximum absolute atomic E-state index is 14.2. The molecule has 6 nitrogen and oxygen atoms in total. The number of hydrogen-bond donors (Lipinski definition) is 1. The van der Waals surface area contributed by atoms with E-state index in [1.165, 1.54) is 5.56 Å². The minimum atomic E-state index is -0.596. The number of allylic oxidation sites excluding steroid dienone is 4. The lowest BCUT2D eigenvalue weighted by molar-refractivity contribution is -0.120. The highest BCUT2D eigenvalue weighted by atomic mass is 35.5. The van der Waals surface area contributed by atoms with Crippen molar-refractivity contribution in [1.29, 1.82) is 0 Å². The van der Waals surface area contributed by atoms with Crippen LogP contribution in [-0.2, 0) is 20.8 Å². The Morgan fingerprint density at radius 2 is 1.41 bits per heavy atom. The third-order valence-corrected chi connectivity index (χ3v) is 10.6. The van der Waals surface area contributed by atoms with E-state index in [4.69, 9.17) is 27.9 Å². The van der Waals surface area contributed by atoms with Crippen LogP contribution in [-0.4, -0.2) is 35.5 Å². The smallest absolute Gasteiger partial charge is 0.262 e. The first kappa shape index (κ1) is 35.0. The van der Waals surface area contributed by atoms with Crippen LogP contribution in [0.4, 0.5) is 5.69 Å². The monoisotopic (exact) mass is 698 g/mol. The molecule has 0 saturated carbocycles. The van der Waals surface area contributed by atoms with E-state index in [1.807, 2.05) is 50.2 Å². The summed E-state index contributed by atoms with van der Waals surface area (Å²) in [5, 5.41) is 3.32. The number of ether oxygens (including phenoxy) is 1. The van der Waals surface area contributed by atoms with Crippen LogP contribution >= 0.6 is 23.2 Å². The van der Waals surface area contributed by atoms with Gasteiger partial charge >= 0.3 is 0 Å². The maximum Gasteiger partial charge on any atom is 0.262 e. The van der Waals surface area contributed by atoms with Gasteiger partial charge in [0.15, 0.2) is 23.9 Å². The van der Waals surface area contributed by atoms with E-state index in [1.54, 1.807) is 12.1 Å². The molecule has 0 unspecified atom stereocenters. The van der Waals surface area contributed by atoms with E-state index in [0.29, 0.717) is 54.6 Å². The van der Waals surface area contributed by atoms with Gasteiger partial charge in [-0.2, -0.15) is 0 Å². The van der Waals surface area contributed by atoms with Crippen molar-refractivity contribution < 1.29 is 19.1 Å². The summed E-state index contributed by atoms with van der Waals surface area (Å²) in [5.41, 5.74) is 7.46. The molecule has 3 aliphatic rings. The molecule has 1 amide bonds. The Labute approximate surface area is 299 Å². The highest BCUT2D eigenvalue weighted by Crippen LogP contribution is 2.55. The van der Waals surface area contributed by atoms with Crippen LogP contribution in [0.5, 0.6) is 5.75 Å². The summed E-state index contributed by atoms with van der Waals surface area (Å²) < 4.78 is 5.87. The number of Topliss-reactive ketones (excluding diaryl/α,β-unsaturated/α-hetero) is 2. The molecule has 49 heavy (non-hydrogen) atoms. The van der Waals surface area contributed by atoms with E-state index >= 15 is 0 Å². The molecule has 0 atom stereocenters. The van der Waals surface area contributed by atoms with Gasteiger partial charge in [0.1, 0.15) is 0 Å². The Balaban J connectivity index is 1.38. The number of halogens is 2. The van der Waals surface area contributed by atoms with Crippen LogP contribution in [0.1, 0.15) is 81.5 Å². The van der Waals surface area contributed by atoms with E-state index in [9.17, 15) is 14.4 Å². The zero-order valence-corrected chi connectivity index (χ0v) is 30.6. The SMILES string of the molecule is Cc1cccc(NC(=O)COc2c(Cl)cc(C3C4=C(CC(C)(C)CC4=O)N(CCc4ccccc4)C4=C3C(=O)CC(C)(C)C4)cc2Cl)c1C. The van der Waals surface area contributed by atoms with Gasteiger partial charge in [0, 0.05) is 53.5 Å².